The maximum absolute atomic E-state index is 13.0. The molecule has 10 heteroatoms. The van der Waals surface area contributed by atoms with Crippen LogP contribution in [0.1, 0.15) is 11.1 Å². The number of nitrogens with zero attached hydrogens (tertiary/aromatic N) is 3. The molecule has 0 amide bonds. The van der Waals surface area contributed by atoms with E-state index < -0.39 is 14.8 Å². The van der Waals surface area contributed by atoms with Crippen LogP contribution in [0.4, 0.5) is 17.1 Å². The zero-order chi connectivity index (χ0) is 25.7. The lowest BCUT2D eigenvalue weighted by atomic mass is 10.2. The van der Waals surface area contributed by atoms with Crippen LogP contribution in [0.3, 0.4) is 0 Å². The monoisotopic (exact) mass is 563 g/mol. The average Bonchev–Trinajstić information content (AvgIpc) is 2.88. The predicted molar refractivity (Wildman–Crippen MR) is 142 cm³/mol. The third-order valence-electron chi connectivity index (χ3n) is 5.08. The molecule has 4 aromatic carbocycles. The second-order valence-electron chi connectivity index (χ2n) is 7.56. The van der Waals surface area contributed by atoms with Crippen molar-refractivity contribution < 1.29 is 18.4 Å². The molecule has 180 valence electrons. The summed E-state index contributed by atoms with van der Waals surface area (Å²) in [6, 6.07) is 23.1. The van der Waals surface area contributed by atoms with Gasteiger partial charge in [-0.15, -0.1) is 0 Å². The van der Waals surface area contributed by atoms with Gasteiger partial charge in [-0.3, -0.25) is 20.1 Å². The highest BCUT2D eigenvalue weighted by Gasteiger charge is 2.17. The number of hydrogen-bond acceptors (Lipinski definition) is 7. The quantitative estimate of drug-likeness (QED) is 0.158. The lowest BCUT2D eigenvalue weighted by Crippen LogP contribution is -2.01. The second-order valence-corrected chi connectivity index (χ2v) is 10.4. The Kier molecular flexibility index (Phi) is 7.37. The summed E-state index contributed by atoms with van der Waals surface area (Å²) in [6.07, 6.45) is 2.97. The van der Waals surface area contributed by atoms with Crippen molar-refractivity contribution in [3.8, 4) is 5.75 Å². The van der Waals surface area contributed by atoms with Gasteiger partial charge >= 0.3 is 0 Å². The van der Waals surface area contributed by atoms with Gasteiger partial charge in [-0.1, -0.05) is 28.1 Å². The molecule has 0 spiro atoms. The number of hydrogen-bond donors (Lipinski definition) is 1. The number of sulfone groups is 1. The number of rotatable bonds is 7. The Morgan fingerprint density at radius 3 is 1.97 bits per heavy atom. The van der Waals surface area contributed by atoms with Crippen molar-refractivity contribution in [3.63, 3.8) is 0 Å². The largest absolute Gasteiger partial charge is 0.507 e. The number of nitro groups is 1. The fourth-order valence-electron chi connectivity index (χ4n) is 3.20. The first-order valence-corrected chi connectivity index (χ1v) is 12.8. The summed E-state index contributed by atoms with van der Waals surface area (Å²) in [5, 5.41) is 20.8. The van der Waals surface area contributed by atoms with Gasteiger partial charge in [-0.25, -0.2) is 8.42 Å². The molecule has 0 aliphatic carbocycles. The van der Waals surface area contributed by atoms with Crippen molar-refractivity contribution in [1.82, 2.24) is 0 Å². The van der Waals surface area contributed by atoms with Crippen LogP contribution in [-0.2, 0) is 9.84 Å². The van der Waals surface area contributed by atoms with Gasteiger partial charge in [0.15, 0.2) is 0 Å². The minimum Gasteiger partial charge on any atom is -0.507 e. The normalized spacial score (nSPS) is 11.8. The number of halogens is 1. The van der Waals surface area contributed by atoms with Gasteiger partial charge in [0.25, 0.3) is 5.69 Å². The highest BCUT2D eigenvalue weighted by Crippen LogP contribution is 2.26. The van der Waals surface area contributed by atoms with E-state index in [2.05, 4.69) is 25.9 Å². The van der Waals surface area contributed by atoms with Gasteiger partial charge in [0, 0.05) is 34.6 Å². The molecule has 0 saturated heterocycles. The topological polar surface area (TPSA) is 122 Å². The molecule has 1 N–H and O–H groups in total. The van der Waals surface area contributed by atoms with E-state index in [0.29, 0.717) is 22.5 Å². The van der Waals surface area contributed by atoms with E-state index in [1.165, 1.54) is 48.8 Å². The van der Waals surface area contributed by atoms with Crippen LogP contribution in [0, 0.1) is 10.1 Å². The van der Waals surface area contributed by atoms with E-state index in [1.54, 1.807) is 54.6 Å². The second kappa shape index (κ2) is 10.6. The molecule has 0 aromatic heterocycles. The first kappa shape index (κ1) is 25.0. The fourth-order valence-corrected chi connectivity index (χ4v) is 4.84. The number of phenolic OH excluding ortho intramolecular Hbond substituents is 1. The Labute approximate surface area is 215 Å². The standard InChI is InChI=1S/C26H18BrN3O5S/c27-20-4-13-26(31)19(15-20)17-29-22-7-11-25(12-8-22)36(34,35)24-9-5-21(6-10-24)28-16-18-2-1-3-23(14-18)30(32)33/h1-17,31H. The molecule has 0 fully saturated rings. The molecular weight excluding hydrogens is 546 g/mol. The van der Waals surface area contributed by atoms with Crippen molar-refractivity contribution in [2.75, 3.05) is 0 Å². The highest BCUT2D eigenvalue weighted by molar-refractivity contribution is 9.10. The summed E-state index contributed by atoms with van der Waals surface area (Å²) in [4.78, 5) is 19.2. The number of phenols is 1. The van der Waals surface area contributed by atoms with Crippen LogP contribution in [-0.4, -0.2) is 30.9 Å². The predicted octanol–water partition coefficient (Wildman–Crippen LogP) is 6.40. The summed E-state index contributed by atoms with van der Waals surface area (Å²) in [7, 11) is -3.76. The third-order valence-corrected chi connectivity index (χ3v) is 7.36. The van der Waals surface area contributed by atoms with Crippen LogP contribution >= 0.6 is 15.9 Å². The van der Waals surface area contributed by atoms with Crippen molar-refractivity contribution in [3.05, 3.63) is 117 Å². The van der Waals surface area contributed by atoms with Gasteiger partial charge in [-0.05, 0) is 72.3 Å². The van der Waals surface area contributed by atoms with Crippen molar-refractivity contribution in [2.45, 2.75) is 9.79 Å². The molecule has 0 bridgehead atoms. The van der Waals surface area contributed by atoms with E-state index in [9.17, 15) is 23.6 Å². The number of non-ortho nitro benzene ring substituents is 1. The van der Waals surface area contributed by atoms with E-state index >= 15 is 0 Å². The molecule has 0 atom stereocenters. The number of benzene rings is 4. The first-order chi connectivity index (χ1) is 17.2. The summed E-state index contributed by atoms with van der Waals surface area (Å²) in [5.74, 6) is 0.0824. The number of aromatic hydroxyl groups is 1. The first-order valence-electron chi connectivity index (χ1n) is 10.5. The van der Waals surface area contributed by atoms with E-state index in [-0.39, 0.29) is 21.2 Å². The molecule has 0 radical (unpaired) electrons. The number of aliphatic imine (C=N–C) groups is 2. The van der Waals surface area contributed by atoms with E-state index in [1.807, 2.05) is 0 Å². The lowest BCUT2D eigenvalue weighted by molar-refractivity contribution is -0.384. The van der Waals surface area contributed by atoms with Gasteiger partial charge in [0.05, 0.1) is 26.1 Å². The molecule has 4 rings (SSSR count). The fraction of sp³-hybridized carbons (Fsp3) is 0. The van der Waals surface area contributed by atoms with Gasteiger partial charge in [-0.2, -0.15) is 0 Å². The summed E-state index contributed by atoms with van der Waals surface area (Å²) < 4.78 is 26.8. The van der Waals surface area contributed by atoms with Gasteiger partial charge in [0.2, 0.25) is 9.84 Å². The van der Waals surface area contributed by atoms with E-state index in [0.717, 1.165) is 4.47 Å². The SMILES string of the molecule is O=[N+]([O-])c1cccc(C=Nc2ccc(S(=O)(=O)c3ccc(N=Cc4cc(Br)ccc4O)cc3)cc2)c1. The van der Waals surface area contributed by atoms with Gasteiger partial charge < -0.3 is 5.11 Å². The highest BCUT2D eigenvalue weighted by atomic mass is 79.9. The molecular formula is C26H18BrN3O5S. The maximum atomic E-state index is 13.0. The lowest BCUT2D eigenvalue weighted by Gasteiger charge is -2.05. The molecule has 0 aliphatic rings. The van der Waals surface area contributed by atoms with E-state index in [4.69, 9.17) is 0 Å². The molecule has 0 heterocycles. The minimum atomic E-state index is -3.76. The number of nitro benzene ring substituents is 1. The zero-order valence-electron chi connectivity index (χ0n) is 18.5. The molecule has 0 aliphatic heterocycles. The van der Waals surface area contributed by atoms with Crippen LogP contribution in [0.15, 0.2) is 115 Å². The maximum Gasteiger partial charge on any atom is 0.270 e. The Bertz CT molecular complexity index is 1580. The molecule has 36 heavy (non-hydrogen) atoms. The van der Waals surface area contributed by atoms with Crippen LogP contribution < -0.4 is 0 Å². The smallest absolute Gasteiger partial charge is 0.270 e. The Morgan fingerprint density at radius 1 is 0.806 bits per heavy atom. The van der Waals surface area contributed by atoms with Crippen molar-refractivity contribution in [2.24, 2.45) is 9.98 Å². The minimum absolute atomic E-state index is 0.0385. The van der Waals surface area contributed by atoms with Crippen molar-refractivity contribution >= 4 is 55.3 Å². The van der Waals surface area contributed by atoms with Crippen LogP contribution in [0.5, 0.6) is 5.75 Å². The van der Waals surface area contributed by atoms with Crippen LogP contribution in [0.2, 0.25) is 0 Å². The Hall–Kier alpha value is -4.15. The Balaban J connectivity index is 1.48. The third kappa shape index (κ3) is 5.91. The summed E-state index contributed by atoms with van der Waals surface area (Å²) >= 11 is 3.34. The Morgan fingerprint density at radius 2 is 1.39 bits per heavy atom. The molecule has 4 aromatic rings. The zero-order valence-corrected chi connectivity index (χ0v) is 20.9. The molecule has 8 nitrogen and oxygen atoms in total. The average molecular weight is 564 g/mol. The summed E-state index contributed by atoms with van der Waals surface area (Å²) in [5.41, 5.74) is 2.07. The molecule has 0 unspecified atom stereocenters. The molecule has 0 saturated carbocycles. The van der Waals surface area contributed by atoms with Crippen molar-refractivity contribution in [1.29, 1.82) is 0 Å². The van der Waals surface area contributed by atoms with Gasteiger partial charge in [0.1, 0.15) is 5.75 Å². The van der Waals surface area contributed by atoms with Crippen LogP contribution in [0.25, 0.3) is 0 Å². The summed E-state index contributed by atoms with van der Waals surface area (Å²) in [6.45, 7) is 0.